The third-order valence-electron chi connectivity index (χ3n) is 4.79. The van der Waals surface area contributed by atoms with Gasteiger partial charge in [-0.05, 0) is 59.4 Å². The van der Waals surface area contributed by atoms with Gasteiger partial charge in [0.2, 0.25) is 0 Å². The fourth-order valence-corrected chi connectivity index (χ4v) is 3.46. The van der Waals surface area contributed by atoms with Crippen LogP contribution in [0.1, 0.15) is 33.9 Å². The van der Waals surface area contributed by atoms with Crippen molar-refractivity contribution in [3.05, 3.63) is 94.8 Å². The number of hydrogen-bond donors (Lipinski definition) is 1. The first kappa shape index (κ1) is 15.9. The fourth-order valence-electron chi connectivity index (χ4n) is 3.46. The second-order valence-corrected chi connectivity index (χ2v) is 6.50. The van der Waals surface area contributed by atoms with E-state index in [2.05, 4.69) is 53.6 Å². The predicted molar refractivity (Wildman–Crippen MR) is 99.7 cm³/mol. The Morgan fingerprint density at radius 2 is 1.96 bits per heavy atom. The molecule has 1 aliphatic heterocycles. The highest BCUT2D eigenvalue weighted by Crippen LogP contribution is 2.32. The van der Waals surface area contributed by atoms with E-state index < -0.39 is 0 Å². The van der Waals surface area contributed by atoms with Gasteiger partial charge < -0.3 is 10.1 Å². The molecular weight excluding hydrogens is 308 g/mol. The summed E-state index contributed by atoms with van der Waals surface area (Å²) in [6, 6.07) is 19.1. The van der Waals surface area contributed by atoms with Gasteiger partial charge in [0, 0.05) is 18.9 Å². The number of nitrogens with zero attached hydrogens (tertiary/aromatic N) is 1. The van der Waals surface area contributed by atoms with E-state index in [1.807, 2.05) is 30.6 Å². The van der Waals surface area contributed by atoms with Crippen molar-refractivity contribution in [2.24, 2.45) is 0 Å². The van der Waals surface area contributed by atoms with Crippen LogP contribution in [0.25, 0.3) is 0 Å². The number of fused-ring (bicyclic) bond motifs is 1. The topological polar surface area (TPSA) is 34.2 Å². The SMILES string of the molecule is Cc1cnccc1C1NCCc2cc(OCc3ccccc3)ccc21. The Morgan fingerprint density at radius 3 is 2.80 bits per heavy atom. The Bertz CT molecular complexity index is 861. The molecule has 0 saturated heterocycles. The van der Waals surface area contributed by atoms with Gasteiger partial charge in [0.1, 0.15) is 12.4 Å². The maximum Gasteiger partial charge on any atom is 0.120 e. The van der Waals surface area contributed by atoms with E-state index in [0.717, 1.165) is 18.7 Å². The van der Waals surface area contributed by atoms with Gasteiger partial charge >= 0.3 is 0 Å². The van der Waals surface area contributed by atoms with Gasteiger partial charge in [-0.15, -0.1) is 0 Å². The van der Waals surface area contributed by atoms with Gasteiger partial charge in [0.05, 0.1) is 6.04 Å². The first-order valence-corrected chi connectivity index (χ1v) is 8.75. The van der Waals surface area contributed by atoms with E-state index in [0.29, 0.717) is 6.61 Å². The fraction of sp³-hybridized carbons (Fsp3) is 0.227. The van der Waals surface area contributed by atoms with Crippen LogP contribution >= 0.6 is 0 Å². The minimum Gasteiger partial charge on any atom is -0.489 e. The molecule has 0 radical (unpaired) electrons. The van der Waals surface area contributed by atoms with Gasteiger partial charge in [-0.1, -0.05) is 36.4 Å². The normalized spacial score (nSPS) is 16.3. The number of benzene rings is 2. The maximum atomic E-state index is 5.99. The van der Waals surface area contributed by atoms with E-state index in [9.17, 15) is 0 Å². The molecule has 3 nitrogen and oxygen atoms in total. The molecule has 0 amide bonds. The Hall–Kier alpha value is -2.65. The second kappa shape index (κ2) is 7.08. The monoisotopic (exact) mass is 330 g/mol. The molecule has 126 valence electrons. The summed E-state index contributed by atoms with van der Waals surface area (Å²) in [7, 11) is 0. The first-order valence-electron chi connectivity index (χ1n) is 8.75. The Morgan fingerprint density at radius 1 is 1.08 bits per heavy atom. The van der Waals surface area contributed by atoms with E-state index in [4.69, 9.17) is 4.74 Å². The molecule has 2 aromatic carbocycles. The van der Waals surface area contributed by atoms with Crippen LogP contribution in [0.15, 0.2) is 67.0 Å². The van der Waals surface area contributed by atoms with E-state index in [-0.39, 0.29) is 6.04 Å². The van der Waals surface area contributed by atoms with Crippen molar-refractivity contribution in [2.75, 3.05) is 6.54 Å². The molecule has 3 aromatic rings. The molecule has 1 unspecified atom stereocenters. The predicted octanol–water partition coefficient (Wildman–Crippen LogP) is 4.20. The van der Waals surface area contributed by atoms with Crippen molar-refractivity contribution in [3.63, 3.8) is 0 Å². The summed E-state index contributed by atoms with van der Waals surface area (Å²) in [5.74, 6) is 0.940. The van der Waals surface area contributed by atoms with Crippen molar-refractivity contribution < 1.29 is 4.74 Å². The molecule has 0 saturated carbocycles. The first-order chi connectivity index (χ1) is 12.3. The van der Waals surface area contributed by atoms with Crippen LogP contribution in [0.3, 0.4) is 0 Å². The number of pyridine rings is 1. The van der Waals surface area contributed by atoms with Crippen molar-refractivity contribution in [1.29, 1.82) is 0 Å². The molecule has 0 fully saturated rings. The molecule has 4 rings (SSSR count). The molecule has 0 spiro atoms. The zero-order valence-electron chi connectivity index (χ0n) is 14.4. The lowest BCUT2D eigenvalue weighted by Crippen LogP contribution is -2.31. The van der Waals surface area contributed by atoms with Crippen LogP contribution in [-0.4, -0.2) is 11.5 Å². The average molecular weight is 330 g/mol. The zero-order valence-corrected chi connectivity index (χ0v) is 14.4. The average Bonchev–Trinajstić information content (AvgIpc) is 2.67. The summed E-state index contributed by atoms with van der Waals surface area (Å²) in [4.78, 5) is 4.22. The number of nitrogens with one attached hydrogen (secondary N) is 1. The molecular formula is C22H22N2O. The van der Waals surface area contributed by atoms with E-state index >= 15 is 0 Å². The van der Waals surface area contributed by atoms with E-state index in [1.165, 1.54) is 27.8 Å². The second-order valence-electron chi connectivity index (χ2n) is 6.50. The van der Waals surface area contributed by atoms with Gasteiger partial charge in [-0.25, -0.2) is 0 Å². The smallest absolute Gasteiger partial charge is 0.120 e. The van der Waals surface area contributed by atoms with Gasteiger partial charge in [0.15, 0.2) is 0 Å². The van der Waals surface area contributed by atoms with Crippen LogP contribution in [0.5, 0.6) is 5.75 Å². The largest absolute Gasteiger partial charge is 0.489 e. The minimum atomic E-state index is 0.231. The molecule has 1 aliphatic rings. The van der Waals surface area contributed by atoms with Crippen LogP contribution in [0.4, 0.5) is 0 Å². The van der Waals surface area contributed by atoms with Crippen molar-refractivity contribution in [2.45, 2.75) is 26.0 Å². The van der Waals surface area contributed by atoms with E-state index in [1.54, 1.807) is 0 Å². The third-order valence-corrected chi connectivity index (χ3v) is 4.79. The summed E-state index contributed by atoms with van der Waals surface area (Å²) in [6.45, 7) is 3.70. The standard InChI is InChI=1S/C22H22N2O/c1-16-14-23-11-10-20(16)22-21-8-7-19(13-18(21)9-12-24-22)25-15-17-5-3-2-4-6-17/h2-8,10-11,13-14,22,24H,9,12,15H2,1H3. The third kappa shape index (κ3) is 3.42. The molecule has 1 atom stereocenters. The Labute approximate surface area is 148 Å². The summed E-state index contributed by atoms with van der Waals surface area (Å²) < 4.78 is 5.99. The highest BCUT2D eigenvalue weighted by Gasteiger charge is 2.22. The summed E-state index contributed by atoms with van der Waals surface area (Å²) in [5, 5.41) is 3.64. The molecule has 2 heterocycles. The number of ether oxygens (including phenoxy) is 1. The lowest BCUT2D eigenvalue weighted by molar-refractivity contribution is 0.305. The molecule has 1 aromatic heterocycles. The number of aromatic nitrogens is 1. The Balaban J connectivity index is 1.57. The minimum absolute atomic E-state index is 0.231. The van der Waals surface area contributed by atoms with Crippen LogP contribution < -0.4 is 10.1 Å². The lowest BCUT2D eigenvalue weighted by Gasteiger charge is -2.28. The van der Waals surface area contributed by atoms with Gasteiger partial charge in [-0.2, -0.15) is 0 Å². The van der Waals surface area contributed by atoms with Gasteiger partial charge in [0.25, 0.3) is 0 Å². The summed E-state index contributed by atoms with van der Waals surface area (Å²) >= 11 is 0. The van der Waals surface area contributed by atoms with Crippen LogP contribution in [0.2, 0.25) is 0 Å². The lowest BCUT2D eigenvalue weighted by atomic mass is 9.88. The van der Waals surface area contributed by atoms with Crippen molar-refractivity contribution in [3.8, 4) is 5.75 Å². The number of hydrogen-bond acceptors (Lipinski definition) is 3. The molecule has 3 heteroatoms. The van der Waals surface area contributed by atoms with Crippen LogP contribution in [0, 0.1) is 6.92 Å². The number of aryl methyl sites for hydroxylation is 1. The summed E-state index contributed by atoms with van der Waals surface area (Å²) in [5.41, 5.74) is 6.41. The van der Waals surface area contributed by atoms with Crippen molar-refractivity contribution in [1.82, 2.24) is 10.3 Å². The highest BCUT2D eigenvalue weighted by molar-refractivity contribution is 5.45. The highest BCUT2D eigenvalue weighted by atomic mass is 16.5. The van der Waals surface area contributed by atoms with Crippen LogP contribution in [-0.2, 0) is 13.0 Å². The molecule has 0 bridgehead atoms. The quantitative estimate of drug-likeness (QED) is 0.778. The summed E-state index contributed by atoms with van der Waals surface area (Å²) in [6.07, 6.45) is 4.83. The van der Waals surface area contributed by atoms with Gasteiger partial charge in [-0.3, -0.25) is 4.98 Å². The molecule has 25 heavy (non-hydrogen) atoms. The Kier molecular flexibility index (Phi) is 4.49. The molecule has 1 N–H and O–H groups in total. The maximum absolute atomic E-state index is 5.99. The number of rotatable bonds is 4. The zero-order chi connectivity index (χ0) is 17.1. The molecule has 0 aliphatic carbocycles. The van der Waals surface area contributed by atoms with Crippen molar-refractivity contribution >= 4 is 0 Å².